The zero-order valence-corrected chi connectivity index (χ0v) is 17.4. The number of thiophene rings is 1. The maximum atomic E-state index is 12.7. The Hall–Kier alpha value is -2.62. The summed E-state index contributed by atoms with van der Waals surface area (Å²) < 4.78 is 7.10. The molecule has 3 heterocycles. The van der Waals surface area contributed by atoms with Gasteiger partial charge in [-0.05, 0) is 55.1 Å². The number of hydrogen-bond acceptors (Lipinski definition) is 7. The van der Waals surface area contributed by atoms with Gasteiger partial charge in [-0.2, -0.15) is 0 Å². The Morgan fingerprint density at radius 1 is 1.11 bits per heavy atom. The van der Waals surface area contributed by atoms with Crippen LogP contribution in [0.15, 0.2) is 51.4 Å². The highest BCUT2D eigenvalue weighted by Crippen LogP contribution is 2.31. The molecule has 0 aliphatic heterocycles. The first-order valence-corrected chi connectivity index (χ1v) is 11.1. The van der Waals surface area contributed by atoms with Gasteiger partial charge in [-0.25, -0.2) is 4.98 Å². The van der Waals surface area contributed by atoms with Crippen LogP contribution in [-0.2, 0) is 0 Å². The maximum absolute atomic E-state index is 12.7. The number of hydrogen-bond donors (Lipinski definition) is 2. The fourth-order valence-corrected chi connectivity index (χ4v) is 5.10. The Morgan fingerprint density at radius 3 is 2.71 bits per heavy atom. The molecule has 142 valence electrons. The van der Waals surface area contributed by atoms with Crippen molar-refractivity contribution in [1.29, 1.82) is 0 Å². The average molecular weight is 430 g/mol. The van der Waals surface area contributed by atoms with Crippen LogP contribution >= 0.6 is 34.4 Å². The van der Waals surface area contributed by atoms with Crippen molar-refractivity contribution in [3.63, 3.8) is 0 Å². The third-order valence-electron chi connectivity index (χ3n) is 3.91. The average Bonchev–Trinajstić information content (AvgIpc) is 3.40. The van der Waals surface area contributed by atoms with E-state index >= 15 is 0 Å². The minimum absolute atomic E-state index is 0.213. The van der Waals surface area contributed by atoms with E-state index in [1.165, 1.54) is 17.6 Å². The van der Waals surface area contributed by atoms with Gasteiger partial charge in [-0.3, -0.25) is 9.59 Å². The summed E-state index contributed by atoms with van der Waals surface area (Å²) in [5.74, 6) is -0.340. The van der Waals surface area contributed by atoms with Crippen molar-refractivity contribution < 1.29 is 14.0 Å². The number of benzene rings is 1. The largest absolute Gasteiger partial charge is 0.459 e. The third kappa shape index (κ3) is 3.82. The lowest BCUT2D eigenvalue weighted by molar-refractivity contribution is 0.0995. The van der Waals surface area contributed by atoms with Gasteiger partial charge in [-0.1, -0.05) is 11.8 Å². The van der Waals surface area contributed by atoms with Crippen LogP contribution in [0.4, 0.5) is 10.7 Å². The number of amides is 2. The lowest BCUT2D eigenvalue weighted by Gasteiger charge is -2.04. The SMILES string of the molecule is CSc1nc2ccc(NC(=O)c3sc(NC(=O)c4ccco4)cc3C)cc2s1. The number of aryl methyl sites for hydroxylation is 1. The van der Waals surface area contributed by atoms with Crippen LogP contribution in [0.25, 0.3) is 10.2 Å². The molecule has 0 saturated heterocycles. The van der Waals surface area contributed by atoms with Gasteiger partial charge in [0.1, 0.15) is 0 Å². The Balaban J connectivity index is 1.50. The van der Waals surface area contributed by atoms with E-state index < -0.39 is 0 Å². The highest BCUT2D eigenvalue weighted by molar-refractivity contribution is 8.00. The molecule has 0 bridgehead atoms. The predicted octanol–water partition coefficient (Wildman–Crippen LogP) is 5.49. The number of anilines is 2. The lowest BCUT2D eigenvalue weighted by atomic mass is 10.2. The van der Waals surface area contributed by atoms with E-state index in [1.807, 2.05) is 31.4 Å². The molecule has 3 aromatic heterocycles. The number of carbonyl (C=O) groups excluding carboxylic acids is 2. The second-order valence-corrected chi connectivity index (χ2v) is 9.01. The summed E-state index contributed by atoms with van der Waals surface area (Å²) in [4.78, 5) is 29.9. The van der Waals surface area contributed by atoms with Crippen molar-refractivity contribution in [1.82, 2.24) is 4.98 Å². The number of thiazole rings is 1. The molecule has 0 spiro atoms. The molecular weight excluding hydrogens is 414 g/mol. The van der Waals surface area contributed by atoms with Crippen LogP contribution in [0.1, 0.15) is 25.8 Å². The number of rotatable bonds is 5. The number of furan rings is 1. The summed E-state index contributed by atoms with van der Waals surface area (Å²) >= 11 is 4.42. The number of nitrogens with one attached hydrogen (secondary N) is 2. The monoisotopic (exact) mass is 429 g/mol. The molecule has 6 nitrogen and oxygen atoms in total. The Labute approximate surface area is 173 Å². The van der Waals surface area contributed by atoms with Gasteiger partial charge in [0.15, 0.2) is 10.1 Å². The normalized spacial score (nSPS) is 10.9. The molecule has 0 atom stereocenters. The van der Waals surface area contributed by atoms with Crippen LogP contribution in [0.3, 0.4) is 0 Å². The summed E-state index contributed by atoms with van der Waals surface area (Å²) in [6.45, 7) is 1.84. The van der Waals surface area contributed by atoms with Gasteiger partial charge in [0.25, 0.3) is 11.8 Å². The molecule has 0 unspecified atom stereocenters. The van der Waals surface area contributed by atoms with Crippen LogP contribution in [0.2, 0.25) is 0 Å². The number of aromatic nitrogens is 1. The first-order valence-electron chi connectivity index (χ1n) is 8.24. The van der Waals surface area contributed by atoms with Crippen molar-refractivity contribution in [2.24, 2.45) is 0 Å². The summed E-state index contributed by atoms with van der Waals surface area (Å²) in [7, 11) is 0. The van der Waals surface area contributed by atoms with Crippen molar-refractivity contribution in [2.75, 3.05) is 16.9 Å². The molecule has 2 amide bonds. The lowest BCUT2D eigenvalue weighted by Crippen LogP contribution is -2.11. The molecule has 4 aromatic rings. The summed E-state index contributed by atoms with van der Waals surface area (Å²) in [5, 5.41) is 6.27. The van der Waals surface area contributed by atoms with Gasteiger partial charge in [0, 0.05) is 5.69 Å². The predicted molar refractivity (Wildman–Crippen MR) is 115 cm³/mol. The van der Waals surface area contributed by atoms with Crippen molar-refractivity contribution >= 4 is 67.2 Å². The Morgan fingerprint density at radius 2 is 1.96 bits per heavy atom. The van der Waals surface area contributed by atoms with Crippen LogP contribution < -0.4 is 10.6 Å². The molecule has 9 heteroatoms. The fraction of sp³-hybridized carbons (Fsp3) is 0.105. The van der Waals surface area contributed by atoms with E-state index in [0.717, 1.165) is 20.1 Å². The molecule has 28 heavy (non-hydrogen) atoms. The molecule has 4 rings (SSSR count). The smallest absolute Gasteiger partial charge is 0.291 e. The van der Waals surface area contributed by atoms with E-state index in [0.29, 0.717) is 15.6 Å². The molecule has 0 radical (unpaired) electrons. The zero-order chi connectivity index (χ0) is 19.7. The van der Waals surface area contributed by atoms with E-state index in [-0.39, 0.29) is 17.6 Å². The zero-order valence-electron chi connectivity index (χ0n) is 14.9. The molecule has 0 fully saturated rings. The maximum Gasteiger partial charge on any atom is 0.291 e. The van der Waals surface area contributed by atoms with Gasteiger partial charge in [0.2, 0.25) is 0 Å². The minimum Gasteiger partial charge on any atom is -0.459 e. The van der Waals surface area contributed by atoms with Gasteiger partial charge < -0.3 is 15.1 Å². The van der Waals surface area contributed by atoms with E-state index in [1.54, 1.807) is 41.3 Å². The molecule has 1 aromatic carbocycles. The van der Waals surface area contributed by atoms with Crippen molar-refractivity contribution in [2.45, 2.75) is 11.3 Å². The highest BCUT2D eigenvalue weighted by atomic mass is 32.2. The quantitative estimate of drug-likeness (QED) is 0.410. The van der Waals surface area contributed by atoms with Crippen LogP contribution in [-0.4, -0.2) is 23.1 Å². The molecule has 2 N–H and O–H groups in total. The van der Waals surface area contributed by atoms with Gasteiger partial charge in [0.05, 0.1) is 26.4 Å². The van der Waals surface area contributed by atoms with E-state index in [4.69, 9.17) is 4.42 Å². The number of fused-ring (bicyclic) bond motifs is 1. The molecule has 0 saturated carbocycles. The molecular formula is C19H15N3O3S3. The standard InChI is InChI=1S/C19H15N3O3S3/c1-10-8-15(22-17(23)13-4-3-7-25-13)28-16(10)18(24)20-11-5-6-12-14(9-11)27-19(21-12)26-2/h3-9H,1-2H3,(H,20,24)(H,22,23). The van der Waals surface area contributed by atoms with Crippen molar-refractivity contribution in [3.8, 4) is 0 Å². The highest BCUT2D eigenvalue weighted by Gasteiger charge is 2.17. The van der Waals surface area contributed by atoms with Crippen LogP contribution in [0, 0.1) is 6.92 Å². The number of nitrogens with zero attached hydrogens (tertiary/aromatic N) is 1. The van der Waals surface area contributed by atoms with Gasteiger partial charge >= 0.3 is 0 Å². The minimum atomic E-state index is -0.349. The number of thioether (sulfide) groups is 1. The van der Waals surface area contributed by atoms with Gasteiger partial charge in [-0.15, -0.1) is 22.7 Å². The summed E-state index contributed by atoms with van der Waals surface area (Å²) in [6, 6.07) is 10.7. The summed E-state index contributed by atoms with van der Waals surface area (Å²) in [5.41, 5.74) is 2.42. The second kappa shape index (κ2) is 7.78. The topological polar surface area (TPSA) is 84.2 Å². The first-order chi connectivity index (χ1) is 13.5. The molecule has 0 aliphatic carbocycles. The Kier molecular flexibility index (Phi) is 5.21. The van der Waals surface area contributed by atoms with Crippen LogP contribution in [0.5, 0.6) is 0 Å². The molecule has 0 aliphatic rings. The third-order valence-corrected chi connectivity index (χ3v) is 7.06. The second-order valence-electron chi connectivity index (χ2n) is 5.87. The van der Waals surface area contributed by atoms with E-state index in [2.05, 4.69) is 15.6 Å². The fourth-order valence-electron chi connectivity index (χ4n) is 2.61. The first kappa shape index (κ1) is 18.7. The van der Waals surface area contributed by atoms with Crippen molar-refractivity contribution in [3.05, 3.63) is 58.9 Å². The van der Waals surface area contributed by atoms with E-state index in [9.17, 15) is 9.59 Å². The Bertz CT molecular complexity index is 1160. The summed E-state index contributed by atoms with van der Waals surface area (Å²) in [6.07, 6.45) is 3.43. The number of carbonyl (C=O) groups is 2.